The summed E-state index contributed by atoms with van der Waals surface area (Å²) in [6, 6.07) is 19.6. The fourth-order valence-electron chi connectivity index (χ4n) is 8.11. The van der Waals surface area contributed by atoms with Gasteiger partial charge in [-0.3, -0.25) is 24.1 Å². The maximum atomic E-state index is 14.0. The van der Waals surface area contributed by atoms with Gasteiger partial charge in [0.2, 0.25) is 21.8 Å². The van der Waals surface area contributed by atoms with Crippen molar-refractivity contribution < 1.29 is 27.5 Å². The standard InChI is InChI=1S/C33H27ClN4O7S3/c34-16-4-8-18(9-5-16)38-31(40)26-21-13-22(27(26)32(38)41)28-25(21)24(29-30(46-28)37-33(42)47-29)15-2-1-3-19(12-15)45-14-23(39)36-17-6-10-20(11-7-17)48(35,43)44/h1-12,21-22,24-28H,13-14H2,(H,36,39)(H,37,42)(H2,35,43,44)/t21-,22-,24+,25-,26+,27+,28-/m1/s1. The maximum Gasteiger partial charge on any atom is 0.305 e. The zero-order valence-electron chi connectivity index (χ0n) is 24.9. The Labute approximate surface area is 287 Å². The molecule has 0 radical (unpaired) electrons. The number of nitrogens with two attached hydrogens (primary N) is 1. The number of ether oxygens (including phenoxy) is 1. The number of imide groups is 1. The Hall–Kier alpha value is -3.95. The molecule has 48 heavy (non-hydrogen) atoms. The number of fused-ring (bicyclic) bond motifs is 9. The second-order valence-electron chi connectivity index (χ2n) is 12.4. The van der Waals surface area contributed by atoms with Gasteiger partial charge in [-0.1, -0.05) is 35.1 Å². The summed E-state index contributed by atoms with van der Waals surface area (Å²) in [4.78, 5) is 58.1. The van der Waals surface area contributed by atoms with Crippen molar-refractivity contribution in [1.29, 1.82) is 0 Å². The number of nitrogens with zero attached hydrogens (tertiary/aromatic N) is 1. The summed E-state index contributed by atoms with van der Waals surface area (Å²) in [6.45, 7) is -0.304. The lowest BCUT2D eigenvalue weighted by Crippen LogP contribution is -2.42. The zero-order chi connectivity index (χ0) is 33.5. The second-order valence-corrected chi connectivity index (χ2v) is 16.6. The van der Waals surface area contributed by atoms with E-state index in [0.29, 0.717) is 22.1 Å². The first-order valence-corrected chi connectivity index (χ1v) is 18.8. The van der Waals surface area contributed by atoms with Crippen molar-refractivity contribution in [3.8, 4) is 5.75 Å². The number of H-pyrrole nitrogens is 1. The predicted octanol–water partition coefficient (Wildman–Crippen LogP) is 4.43. The fraction of sp³-hybridized carbons (Fsp3) is 0.273. The van der Waals surface area contributed by atoms with E-state index in [1.165, 1.54) is 40.5 Å². The van der Waals surface area contributed by atoms with Crippen molar-refractivity contribution in [3.05, 3.63) is 97.9 Å². The van der Waals surface area contributed by atoms with Crippen LogP contribution in [0, 0.1) is 29.6 Å². The summed E-state index contributed by atoms with van der Waals surface area (Å²) in [7, 11) is -3.85. The molecule has 15 heteroatoms. The van der Waals surface area contributed by atoms with Crippen LogP contribution in [0.15, 0.2) is 87.5 Å². The summed E-state index contributed by atoms with van der Waals surface area (Å²) in [6.07, 6.45) is 0.758. The van der Waals surface area contributed by atoms with E-state index >= 15 is 0 Å². The minimum atomic E-state index is -3.85. The summed E-state index contributed by atoms with van der Waals surface area (Å²) in [5.41, 5.74) is 1.80. The Morgan fingerprint density at radius 2 is 1.71 bits per heavy atom. The van der Waals surface area contributed by atoms with E-state index in [4.69, 9.17) is 21.5 Å². The Kier molecular flexibility index (Phi) is 7.56. The average Bonchev–Trinajstić information content (AvgIpc) is 3.79. The molecule has 3 amide bonds. The van der Waals surface area contributed by atoms with Gasteiger partial charge in [0.15, 0.2) is 6.61 Å². The Bertz CT molecular complexity index is 2150. The van der Waals surface area contributed by atoms with Crippen LogP contribution in [0.2, 0.25) is 5.02 Å². The number of carbonyl (C=O) groups is 3. The van der Waals surface area contributed by atoms with Crippen LogP contribution in [0.4, 0.5) is 11.4 Å². The monoisotopic (exact) mass is 722 g/mol. The number of primary sulfonamides is 1. The molecular weight excluding hydrogens is 696 g/mol. The van der Waals surface area contributed by atoms with Crippen LogP contribution in [0.5, 0.6) is 5.75 Å². The van der Waals surface area contributed by atoms with Crippen molar-refractivity contribution in [1.82, 2.24) is 4.98 Å². The summed E-state index contributed by atoms with van der Waals surface area (Å²) < 4.78 is 28.9. The van der Waals surface area contributed by atoms with E-state index < -0.39 is 27.8 Å². The van der Waals surface area contributed by atoms with Gasteiger partial charge >= 0.3 is 4.87 Å². The van der Waals surface area contributed by atoms with Crippen LogP contribution in [0.25, 0.3) is 0 Å². The molecule has 3 heterocycles. The molecule has 1 saturated heterocycles. The molecule has 7 atom stereocenters. The Morgan fingerprint density at radius 3 is 2.42 bits per heavy atom. The van der Waals surface area contributed by atoms with E-state index in [-0.39, 0.29) is 57.1 Å². The zero-order valence-corrected chi connectivity index (χ0v) is 28.1. The normalized spacial score (nSPS) is 27.0. The van der Waals surface area contributed by atoms with Gasteiger partial charge in [-0.2, -0.15) is 0 Å². The topological polar surface area (TPSA) is 169 Å². The third kappa shape index (κ3) is 5.17. The van der Waals surface area contributed by atoms with Crippen LogP contribution in [0.3, 0.4) is 0 Å². The number of hydrogen-bond donors (Lipinski definition) is 3. The van der Waals surface area contributed by atoms with Crippen LogP contribution in [-0.2, 0) is 24.4 Å². The highest BCUT2D eigenvalue weighted by Gasteiger charge is 2.69. The van der Waals surface area contributed by atoms with E-state index in [0.717, 1.165) is 21.9 Å². The van der Waals surface area contributed by atoms with Gasteiger partial charge in [0, 0.05) is 26.8 Å². The predicted molar refractivity (Wildman–Crippen MR) is 181 cm³/mol. The van der Waals surface area contributed by atoms with Crippen LogP contribution in [-0.4, -0.2) is 43.0 Å². The highest BCUT2D eigenvalue weighted by Crippen LogP contribution is 2.68. The molecule has 11 nitrogen and oxygen atoms in total. The van der Waals surface area contributed by atoms with E-state index in [1.54, 1.807) is 42.1 Å². The van der Waals surface area contributed by atoms with Gasteiger partial charge in [0.1, 0.15) is 5.75 Å². The number of benzene rings is 3. The molecule has 1 aromatic heterocycles. The smallest absolute Gasteiger partial charge is 0.305 e. The highest BCUT2D eigenvalue weighted by atomic mass is 35.5. The molecule has 246 valence electrons. The van der Waals surface area contributed by atoms with Crippen LogP contribution in [0.1, 0.15) is 22.8 Å². The first-order valence-electron chi connectivity index (χ1n) is 15.2. The number of nitrogens with one attached hydrogen (secondary N) is 2. The second kappa shape index (κ2) is 11.6. The molecule has 4 aromatic rings. The first kappa shape index (κ1) is 31.3. The molecule has 2 bridgehead atoms. The quantitative estimate of drug-likeness (QED) is 0.236. The molecule has 0 spiro atoms. The molecular formula is C33H27ClN4O7S3. The number of sulfonamides is 1. The third-order valence-electron chi connectivity index (χ3n) is 9.86. The molecule has 3 aromatic carbocycles. The van der Waals surface area contributed by atoms with Crippen LogP contribution >= 0.6 is 34.7 Å². The number of halogens is 1. The van der Waals surface area contributed by atoms with Crippen molar-refractivity contribution in [2.45, 2.75) is 27.5 Å². The van der Waals surface area contributed by atoms with Gasteiger partial charge in [0.25, 0.3) is 5.91 Å². The van der Waals surface area contributed by atoms with Gasteiger partial charge < -0.3 is 15.0 Å². The number of hydrogen-bond acceptors (Lipinski definition) is 9. The van der Waals surface area contributed by atoms with E-state index in [1.807, 2.05) is 18.2 Å². The Morgan fingerprint density at radius 1 is 1.00 bits per heavy atom. The minimum Gasteiger partial charge on any atom is -0.484 e. The highest BCUT2D eigenvalue weighted by molar-refractivity contribution is 8.00. The molecule has 4 N–H and O–H groups in total. The summed E-state index contributed by atoms with van der Waals surface area (Å²) >= 11 is 8.86. The number of aromatic nitrogens is 1. The lowest BCUT2D eigenvalue weighted by molar-refractivity contribution is -0.123. The number of thiazole rings is 1. The van der Waals surface area contributed by atoms with Crippen molar-refractivity contribution in [3.63, 3.8) is 0 Å². The Balaban J connectivity index is 1.05. The maximum absolute atomic E-state index is 14.0. The van der Waals surface area contributed by atoms with E-state index in [9.17, 15) is 27.6 Å². The molecule has 4 aliphatic rings. The fourth-order valence-corrected chi connectivity index (χ4v) is 11.6. The number of thioether (sulfide) groups is 1. The van der Waals surface area contributed by atoms with E-state index in [2.05, 4.69) is 10.3 Å². The molecule has 2 aliphatic heterocycles. The minimum absolute atomic E-state index is 0.000901. The van der Waals surface area contributed by atoms with Gasteiger partial charge in [-0.15, -0.1) is 11.8 Å². The van der Waals surface area contributed by atoms with Gasteiger partial charge in [0.05, 0.1) is 27.4 Å². The largest absolute Gasteiger partial charge is 0.484 e. The average molecular weight is 723 g/mol. The summed E-state index contributed by atoms with van der Waals surface area (Å²) in [5.74, 6) is -1.50. The van der Waals surface area contributed by atoms with Crippen molar-refractivity contribution in [2.24, 2.45) is 34.7 Å². The van der Waals surface area contributed by atoms with Crippen molar-refractivity contribution >= 4 is 73.8 Å². The third-order valence-corrected chi connectivity index (χ3v) is 13.6. The molecule has 2 aliphatic carbocycles. The number of aromatic amines is 1. The first-order chi connectivity index (χ1) is 23.0. The molecule has 2 saturated carbocycles. The molecule has 3 fully saturated rings. The summed E-state index contributed by atoms with van der Waals surface area (Å²) in [5, 5.41) is 9.15. The van der Waals surface area contributed by atoms with Crippen molar-refractivity contribution in [2.75, 3.05) is 16.8 Å². The number of rotatable bonds is 7. The lowest BCUT2D eigenvalue weighted by Gasteiger charge is -2.43. The lowest BCUT2D eigenvalue weighted by atomic mass is 9.68. The number of amides is 3. The van der Waals surface area contributed by atoms with Gasteiger partial charge in [-0.25, -0.2) is 13.6 Å². The SMILES string of the molecule is NS(=O)(=O)c1ccc(NC(=O)COc2cccc([C@@H]3c4sc(=O)[nH]c4S[C@@H]4[C@@H]5C[C@@H]([C@@H]6C(=O)N(c7ccc(Cl)cc7)C(=O)[C@@H]56)[C@H]34)c2)cc1. The number of carbonyl (C=O) groups excluding carboxylic acids is 3. The van der Waals surface area contributed by atoms with Gasteiger partial charge in [-0.05, 0) is 90.4 Å². The number of anilines is 2. The molecule has 0 unspecified atom stereocenters. The van der Waals surface area contributed by atoms with Crippen LogP contribution < -0.4 is 25.0 Å². The molecule has 8 rings (SSSR count).